The van der Waals surface area contributed by atoms with E-state index in [1.54, 1.807) is 24.3 Å². The lowest BCUT2D eigenvalue weighted by molar-refractivity contribution is 0.0546. The van der Waals surface area contributed by atoms with Gasteiger partial charge in [-0.3, -0.25) is 0 Å². The average molecular weight is 312 g/mol. The lowest BCUT2D eigenvalue weighted by atomic mass is 10.1. The first-order valence-corrected chi connectivity index (χ1v) is 7.04. The molecule has 0 atom stereocenters. The van der Waals surface area contributed by atoms with E-state index in [1.165, 1.54) is 18.2 Å². The van der Waals surface area contributed by atoms with Crippen LogP contribution in [0.5, 0.6) is 11.5 Å². The van der Waals surface area contributed by atoms with Crippen molar-refractivity contribution in [3.05, 3.63) is 85.0 Å². The van der Waals surface area contributed by atoms with E-state index in [0.29, 0.717) is 5.75 Å². The second-order valence-corrected chi connectivity index (χ2v) is 4.53. The third-order valence-electron chi connectivity index (χ3n) is 2.81. The molecule has 0 saturated carbocycles. The lowest BCUT2D eigenvalue weighted by Crippen LogP contribution is -2.04. The van der Waals surface area contributed by atoms with Crippen LogP contribution in [0, 0.1) is 0 Å². The molecular weight excluding hydrogens is 292 g/mol. The van der Waals surface area contributed by atoms with Crippen molar-refractivity contribution in [2.45, 2.75) is 6.42 Å². The fourth-order valence-corrected chi connectivity index (χ4v) is 1.70. The van der Waals surface area contributed by atoms with Crippen LogP contribution in [-0.4, -0.2) is 22.8 Å². The number of rotatable bonds is 5. The number of ether oxygens (including phenoxy) is 1. The number of benzene rings is 2. The molecule has 0 saturated heterocycles. The van der Waals surface area contributed by atoms with Gasteiger partial charge in [-0.05, 0) is 30.2 Å². The zero-order chi connectivity index (χ0) is 17.1. The zero-order valence-electron chi connectivity index (χ0n) is 12.8. The SMILES string of the molecule is C=CCOC(=O)c1ccccc1O.C=CCc1ccccc1O. The average Bonchev–Trinajstić information content (AvgIpc) is 2.56. The minimum absolute atomic E-state index is 0.0726. The van der Waals surface area contributed by atoms with Gasteiger partial charge in [-0.25, -0.2) is 4.79 Å². The molecule has 120 valence electrons. The predicted molar refractivity (Wildman–Crippen MR) is 90.6 cm³/mol. The molecule has 2 N–H and O–H groups in total. The summed E-state index contributed by atoms with van der Waals surface area (Å²) in [7, 11) is 0. The van der Waals surface area contributed by atoms with Crippen molar-refractivity contribution in [1.82, 2.24) is 0 Å². The number of carbonyl (C=O) groups is 1. The van der Waals surface area contributed by atoms with Crippen LogP contribution in [0.15, 0.2) is 73.8 Å². The Bertz CT molecular complexity index is 662. The van der Waals surface area contributed by atoms with Gasteiger partial charge in [0.15, 0.2) is 0 Å². The Balaban J connectivity index is 0.000000238. The monoisotopic (exact) mass is 312 g/mol. The van der Waals surface area contributed by atoms with Gasteiger partial charge in [-0.2, -0.15) is 0 Å². The summed E-state index contributed by atoms with van der Waals surface area (Å²) in [4.78, 5) is 11.2. The first-order valence-electron chi connectivity index (χ1n) is 7.04. The molecule has 0 amide bonds. The topological polar surface area (TPSA) is 66.8 Å². The smallest absolute Gasteiger partial charge is 0.342 e. The predicted octanol–water partition coefficient (Wildman–Crippen LogP) is 3.86. The Morgan fingerprint density at radius 1 is 0.957 bits per heavy atom. The van der Waals surface area contributed by atoms with E-state index in [2.05, 4.69) is 13.2 Å². The highest BCUT2D eigenvalue weighted by Gasteiger charge is 2.09. The van der Waals surface area contributed by atoms with Crippen molar-refractivity contribution < 1.29 is 19.7 Å². The summed E-state index contributed by atoms with van der Waals surface area (Å²) in [6.07, 6.45) is 3.97. The second-order valence-electron chi connectivity index (χ2n) is 4.53. The number of aromatic hydroxyl groups is 2. The van der Waals surface area contributed by atoms with Gasteiger partial charge < -0.3 is 14.9 Å². The molecule has 0 spiro atoms. The minimum Gasteiger partial charge on any atom is -0.508 e. The van der Waals surface area contributed by atoms with Crippen LogP contribution in [0.3, 0.4) is 0 Å². The largest absolute Gasteiger partial charge is 0.508 e. The summed E-state index contributed by atoms with van der Waals surface area (Å²) in [5.74, 6) is -0.267. The highest BCUT2D eigenvalue weighted by molar-refractivity contribution is 5.92. The minimum atomic E-state index is -0.544. The van der Waals surface area contributed by atoms with Crippen LogP contribution in [-0.2, 0) is 11.2 Å². The third kappa shape index (κ3) is 6.09. The molecule has 0 heterocycles. The molecule has 4 nitrogen and oxygen atoms in total. The summed E-state index contributed by atoms with van der Waals surface area (Å²) in [5.41, 5.74) is 1.10. The van der Waals surface area contributed by atoms with Crippen LogP contribution in [0.1, 0.15) is 15.9 Å². The van der Waals surface area contributed by atoms with Crippen molar-refractivity contribution in [2.75, 3.05) is 6.61 Å². The standard InChI is InChI=1S/C10H10O3.C9H10O/c1-2-7-13-10(12)8-5-3-4-6-9(8)11;1-2-5-8-6-3-4-7-9(8)10/h2-6,11H,1,7H2;2-4,6-7,10H,1,5H2. The number of carbonyl (C=O) groups excluding carboxylic acids is 1. The van der Waals surface area contributed by atoms with E-state index in [9.17, 15) is 15.0 Å². The van der Waals surface area contributed by atoms with E-state index >= 15 is 0 Å². The molecule has 2 aromatic carbocycles. The normalized spacial score (nSPS) is 9.22. The summed E-state index contributed by atoms with van der Waals surface area (Å²) < 4.78 is 4.74. The molecule has 23 heavy (non-hydrogen) atoms. The van der Waals surface area contributed by atoms with Gasteiger partial charge in [0.2, 0.25) is 0 Å². The highest BCUT2D eigenvalue weighted by atomic mass is 16.5. The number of esters is 1. The molecule has 0 fully saturated rings. The van der Waals surface area contributed by atoms with Crippen LogP contribution in [0.25, 0.3) is 0 Å². The highest BCUT2D eigenvalue weighted by Crippen LogP contribution is 2.16. The molecule has 0 aliphatic heterocycles. The number of phenolic OH excluding ortho intramolecular Hbond substituents is 2. The van der Waals surface area contributed by atoms with Crippen molar-refractivity contribution in [3.63, 3.8) is 0 Å². The molecule has 2 aromatic rings. The van der Waals surface area contributed by atoms with Crippen LogP contribution in [0.4, 0.5) is 0 Å². The van der Waals surface area contributed by atoms with Gasteiger partial charge in [0.05, 0.1) is 0 Å². The van der Waals surface area contributed by atoms with Gasteiger partial charge in [0, 0.05) is 0 Å². The van der Waals surface area contributed by atoms with Crippen LogP contribution in [0.2, 0.25) is 0 Å². The molecular formula is C19H20O4. The van der Waals surface area contributed by atoms with E-state index < -0.39 is 5.97 Å². The summed E-state index contributed by atoms with van der Waals surface area (Å²) in [5, 5.41) is 18.4. The number of hydrogen-bond acceptors (Lipinski definition) is 4. The Kier molecular flexibility index (Phi) is 7.72. The first-order chi connectivity index (χ1) is 11.1. The number of allylic oxidation sites excluding steroid dienone is 1. The number of hydrogen-bond donors (Lipinski definition) is 2. The molecule has 0 bridgehead atoms. The van der Waals surface area contributed by atoms with Crippen molar-refractivity contribution in [1.29, 1.82) is 0 Å². The Hall–Kier alpha value is -3.01. The molecule has 2 rings (SSSR count). The van der Waals surface area contributed by atoms with Gasteiger partial charge in [0.1, 0.15) is 23.7 Å². The molecule has 0 unspecified atom stereocenters. The van der Waals surface area contributed by atoms with Crippen molar-refractivity contribution in [3.8, 4) is 11.5 Å². The summed E-state index contributed by atoms with van der Waals surface area (Å²) in [6, 6.07) is 13.5. The number of phenols is 2. The lowest BCUT2D eigenvalue weighted by Gasteiger charge is -2.02. The molecule has 0 radical (unpaired) electrons. The van der Waals surface area contributed by atoms with E-state index in [0.717, 1.165) is 12.0 Å². The van der Waals surface area contributed by atoms with Gasteiger partial charge >= 0.3 is 5.97 Å². The van der Waals surface area contributed by atoms with E-state index in [4.69, 9.17) is 4.74 Å². The fraction of sp³-hybridized carbons (Fsp3) is 0.105. The molecule has 0 aliphatic carbocycles. The zero-order valence-corrected chi connectivity index (χ0v) is 12.8. The molecule has 0 aliphatic rings. The molecule has 0 aromatic heterocycles. The van der Waals surface area contributed by atoms with Gasteiger partial charge in [-0.15, -0.1) is 6.58 Å². The quantitative estimate of drug-likeness (QED) is 0.650. The van der Waals surface area contributed by atoms with Crippen molar-refractivity contribution in [2.24, 2.45) is 0 Å². The third-order valence-corrected chi connectivity index (χ3v) is 2.81. The van der Waals surface area contributed by atoms with Gasteiger partial charge in [0.25, 0.3) is 0 Å². The van der Waals surface area contributed by atoms with Gasteiger partial charge in [-0.1, -0.05) is 49.1 Å². The Morgan fingerprint density at radius 2 is 1.57 bits per heavy atom. The Labute approximate surface area is 136 Å². The maximum Gasteiger partial charge on any atom is 0.342 e. The van der Waals surface area contributed by atoms with Crippen molar-refractivity contribution >= 4 is 5.97 Å². The summed E-state index contributed by atoms with van der Waals surface area (Å²) >= 11 is 0. The van der Waals surface area contributed by atoms with Crippen LogP contribution < -0.4 is 0 Å². The maximum absolute atomic E-state index is 11.2. The fourth-order valence-electron chi connectivity index (χ4n) is 1.70. The Morgan fingerprint density at radius 3 is 2.13 bits per heavy atom. The first kappa shape index (κ1) is 18.0. The summed E-state index contributed by atoms with van der Waals surface area (Å²) in [6.45, 7) is 7.14. The van der Waals surface area contributed by atoms with E-state index in [1.807, 2.05) is 18.2 Å². The number of para-hydroxylation sites is 2. The van der Waals surface area contributed by atoms with E-state index in [-0.39, 0.29) is 17.9 Å². The maximum atomic E-state index is 11.2. The molecule has 4 heteroatoms. The van der Waals surface area contributed by atoms with Crippen LogP contribution >= 0.6 is 0 Å². The second kappa shape index (κ2) is 9.84.